The number of carbonyl (C=O) groups excluding carboxylic acids is 2. The molecule has 0 aliphatic carbocycles. The van der Waals surface area contributed by atoms with Crippen LogP contribution in [0.2, 0.25) is 0 Å². The largest absolute Gasteiger partial charge is 0.462 e. The monoisotopic (exact) mass is 504 g/mol. The molecule has 4 aromatic rings. The van der Waals surface area contributed by atoms with E-state index >= 15 is 0 Å². The molecule has 1 saturated heterocycles. The van der Waals surface area contributed by atoms with Crippen LogP contribution in [0.4, 0.5) is 4.39 Å². The van der Waals surface area contributed by atoms with Crippen LogP contribution in [0.5, 0.6) is 0 Å². The first kappa shape index (κ1) is 24.5. The lowest BCUT2D eigenvalue weighted by Crippen LogP contribution is -2.35. The van der Waals surface area contributed by atoms with E-state index in [0.717, 1.165) is 24.5 Å². The molecular formula is C27H25FN4O5. The fraction of sp³-hybridized carbons (Fsp3) is 0.296. The zero-order chi connectivity index (χ0) is 26.1. The van der Waals surface area contributed by atoms with Gasteiger partial charge in [-0.3, -0.25) is 14.0 Å². The summed E-state index contributed by atoms with van der Waals surface area (Å²) < 4.78 is 28.4. The van der Waals surface area contributed by atoms with Crippen LogP contribution in [0.25, 0.3) is 16.7 Å². The van der Waals surface area contributed by atoms with Crippen molar-refractivity contribution in [2.45, 2.75) is 39.3 Å². The molecule has 1 amide bonds. The molecule has 5 rings (SSSR count). The molecular weight excluding hydrogens is 479 g/mol. The number of halogens is 1. The van der Waals surface area contributed by atoms with Gasteiger partial charge in [0.25, 0.3) is 11.5 Å². The smallest absolute Gasteiger partial charge is 0.341 e. The number of hydrogen-bond acceptors (Lipinski definition) is 6. The Hall–Kier alpha value is -4.18. The second-order valence-electron chi connectivity index (χ2n) is 8.78. The van der Waals surface area contributed by atoms with Crippen molar-refractivity contribution in [3.05, 3.63) is 87.0 Å². The van der Waals surface area contributed by atoms with E-state index in [-0.39, 0.29) is 52.5 Å². The summed E-state index contributed by atoms with van der Waals surface area (Å²) >= 11 is 0. The molecule has 1 aliphatic rings. The Morgan fingerprint density at radius 3 is 2.73 bits per heavy atom. The van der Waals surface area contributed by atoms with Crippen molar-refractivity contribution < 1.29 is 23.5 Å². The van der Waals surface area contributed by atoms with Gasteiger partial charge in [0.05, 0.1) is 30.2 Å². The number of rotatable bonds is 5. The molecule has 0 bridgehead atoms. The topological polar surface area (TPSA) is 104 Å². The Labute approximate surface area is 210 Å². The molecule has 190 valence electrons. The molecule has 0 unspecified atom stereocenters. The lowest BCUT2D eigenvalue weighted by Gasteiger charge is -2.18. The minimum Gasteiger partial charge on any atom is -0.462 e. The number of ether oxygens (including phenoxy) is 2. The summed E-state index contributed by atoms with van der Waals surface area (Å²) in [4.78, 5) is 48.7. The SMILES string of the molecule is CCOC(=O)c1cc2c(=O)n3cccc(C)c3nc2n(C[C@H]2CCCO2)c1=NC(=O)c1ccccc1F. The van der Waals surface area contributed by atoms with E-state index in [0.29, 0.717) is 12.3 Å². The molecule has 4 heterocycles. The van der Waals surface area contributed by atoms with Gasteiger partial charge in [0.1, 0.15) is 22.7 Å². The molecule has 0 radical (unpaired) electrons. The van der Waals surface area contributed by atoms with Gasteiger partial charge in [-0.15, -0.1) is 0 Å². The van der Waals surface area contributed by atoms with E-state index in [9.17, 15) is 18.8 Å². The second kappa shape index (κ2) is 10.1. The van der Waals surface area contributed by atoms with Crippen molar-refractivity contribution in [3.8, 4) is 0 Å². The average Bonchev–Trinajstić information content (AvgIpc) is 3.40. The zero-order valence-electron chi connectivity index (χ0n) is 20.4. The number of hydrogen-bond donors (Lipinski definition) is 0. The van der Waals surface area contributed by atoms with E-state index in [2.05, 4.69) is 4.99 Å². The van der Waals surface area contributed by atoms with Gasteiger partial charge in [0.15, 0.2) is 5.49 Å². The van der Waals surface area contributed by atoms with Crippen LogP contribution in [0, 0.1) is 12.7 Å². The number of nitrogens with zero attached hydrogens (tertiary/aromatic N) is 4. The van der Waals surface area contributed by atoms with Gasteiger partial charge in [-0.25, -0.2) is 14.2 Å². The summed E-state index contributed by atoms with van der Waals surface area (Å²) in [5, 5.41) is 0.154. The number of aromatic nitrogens is 3. The van der Waals surface area contributed by atoms with Crippen LogP contribution >= 0.6 is 0 Å². The molecule has 0 spiro atoms. The molecule has 1 atom stereocenters. The Bertz CT molecular complexity index is 1670. The van der Waals surface area contributed by atoms with E-state index < -0.39 is 17.7 Å². The first-order chi connectivity index (χ1) is 17.9. The first-order valence-electron chi connectivity index (χ1n) is 12.1. The lowest BCUT2D eigenvalue weighted by atomic mass is 10.1. The van der Waals surface area contributed by atoms with Gasteiger partial charge in [-0.2, -0.15) is 4.99 Å². The highest BCUT2D eigenvalue weighted by atomic mass is 19.1. The van der Waals surface area contributed by atoms with Gasteiger partial charge in [-0.05, 0) is 56.5 Å². The zero-order valence-corrected chi connectivity index (χ0v) is 20.4. The summed E-state index contributed by atoms with van der Waals surface area (Å²) in [5.74, 6) is -2.38. The highest BCUT2D eigenvalue weighted by Gasteiger charge is 2.24. The predicted molar refractivity (Wildman–Crippen MR) is 133 cm³/mol. The van der Waals surface area contributed by atoms with Gasteiger partial charge >= 0.3 is 5.97 Å². The Kier molecular flexibility index (Phi) is 6.66. The normalized spacial score (nSPS) is 16.0. The van der Waals surface area contributed by atoms with Gasteiger partial charge in [0, 0.05) is 12.8 Å². The molecule has 3 aromatic heterocycles. The summed E-state index contributed by atoms with van der Waals surface area (Å²) in [6.45, 7) is 4.30. The summed E-state index contributed by atoms with van der Waals surface area (Å²) in [6.07, 6.45) is 2.94. The van der Waals surface area contributed by atoms with Gasteiger partial charge in [-0.1, -0.05) is 18.2 Å². The fourth-order valence-corrected chi connectivity index (χ4v) is 4.52. The van der Waals surface area contributed by atoms with Crippen molar-refractivity contribution in [2.75, 3.05) is 13.2 Å². The fourth-order valence-electron chi connectivity index (χ4n) is 4.52. The number of aryl methyl sites for hydroxylation is 1. The maximum atomic E-state index is 14.4. The van der Waals surface area contributed by atoms with E-state index in [4.69, 9.17) is 14.5 Å². The Morgan fingerprint density at radius 1 is 1.19 bits per heavy atom. The molecule has 0 saturated carbocycles. The van der Waals surface area contributed by atoms with Gasteiger partial charge in [0.2, 0.25) is 0 Å². The number of fused-ring (bicyclic) bond motifs is 2. The number of carbonyl (C=O) groups is 2. The summed E-state index contributed by atoms with van der Waals surface area (Å²) in [7, 11) is 0. The van der Waals surface area contributed by atoms with Crippen LogP contribution < -0.4 is 11.0 Å². The Balaban J connectivity index is 1.89. The quantitative estimate of drug-likeness (QED) is 0.305. The van der Waals surface area contributed by atoms with Crippen molar-refractivity contribution in [3.63, 3.8) is 0 Å². The molecule has 37 heavy (non-hydrogen) atoms. The summed E-state index contributed by atoms with van der Waals surface area (Å²) in [6, 6.07) is 10.4. The molecule has 1 aliphatic heterocycles. The molecule has 0 N–H and O–H groups in total. The Morgan fingerprint density at radius 2 is 2.00 bits per heavy atom. The second-order valence-corrected chi connectivity index (χ2v) is 8.78. The van der Waals surface area contributed by atoms with Crippen LogP contribution in [0.15, 0.2) is 58.4 Å². The van der Waals surface area contributed by atoms with E-state index in [1.54, 1.807) is 23.8 Å². The molecule has 1 fully saturated rings. The van der Waals surface area contributed by atoms with Crippen molar-refractivity contribution >= 4 is 28.6 Å². The van der Waals surface area contributed by atoms with E-state index in [1.165, 1.54) is 28.7 Å². The molecule has 10 heteroatoms. The lowest BCUT2D eigenvalue weighted by molar-refractivity contribution is 0.0521. The number of amides is 1. The molecule has 1 aromatic carbocycles. The molecule has 9 nitrogen and oxygen atoms in total. The number of esters is 1. The maximum Gasteiger partial charge on any atom is 0.341 e. The van der Waals surface area contributed by atoms with Crippen LogP contribution in [-0.4, -0.2) is 45.1 Å². The average molecular weight is 505 g/mol. The highest BCUT2D eigenvalue weighted by molar-refractivity contribution is 5.97. The third-order valence-corrected chi connectivity index (χ3v) is 6.32. The van der Waals surface area contributed by atoms with E-state index in [1.807, 2.05) is 13.0 Å². The standard InChI is InChI=1S/C27H25FN4O5/c1-3-36-27(35)20-14-19-23(29-22-16(2)8-6-12-31(22)26(19)34)32(15-17-9-7-13-37-17)24(20)30-25(33)18-10-4-5-11-21(18)28/h4-6,8,10-12,14,17H,3,7,9,13,15H2,1-2H3/t17-/m1/s1. The first-order valence-corrected chi connectivity index (χ1v) is 12.1. The third kappa shape index (κ3) is 4.55. The minimum absolute atomic E-state index is 0.0669. The number of pyridine rings is 2. The van der Waals surface area contributed by atoms with Crippen LogP contribution in [0.1, 0.15) is 46.0 Å². The summed E-state index contributed by atoms with van der Waals surface area (Å²) in [5.41, 5.74) is 0.633. The third-order valence-electron chi connectivity index (χ3n) is 6.32. The maximum absolute atomic E-state index is 14.4. The van der Waals surface area contributed by atoms with Crippen molar-refractivity contribution in [1.29, 1.82) is 0 Å². The van der Waals surface area contributed by atoms with Crippen LogP contribution in [0.3, 0.4) is 0 Å². The number of benzene rings is 1. The van der Waals surface area contributed by atoms with Gasteiger partial charge < -0.3 is 14.0 Å². The minimum atomic E-state index is -0.877. The van der Waals surface area contributed by atoms with Crippen molar-refractivity contribution in [2.24, 2.45) is 4.99 Å². The predicted octanol–water partition coefficient (Wildman–Crippen LogP) is 3.19. The van der Waals surface area contributed by atoms with Crippen molar-refractivity contribution in [1.82, 2.24) is 14.0 Å². The highest BCUT2D eigenvalue weighted by Crippen LogP contribution is 2.18. The van der Waals surface area contributed by atoms with Crippen LogP contribution in [-0.2, 0) is 16.0 Å².